The molecule has 0 radical (unpaired) electrons. The third-order valence-corrected chi connectivity index (χ3v) is 3.51. The maximum atomic E-state index is 12.4. The molecule has 2 rings (SSSR count). The van der Waals surface area contributed by atoms with E-state index >= 15 is 0 Å². The molecule has 1 N–H and O–H groups in total. The fraction of sp³-hybridized carbons (Fsp3) is 0.615. The normalized spacial score (nSPS) is 20.6. The van der Waals surface area contributed by atoms with Crippen LogP contribution in [0.5, 0.6) is 0 Å². The van der Waals surface area contributed by atoms with Gasteiger partial charge < -0.3 is 14.6 Å². The fourth-order valence-corrected chi connectivity index (χ4v) is 2.55. The molecule has 17 heavy (non-hydrogen) atoms. The van der Waals surface area contributed by atoms with Crippen molar-refractivity contribution in [2.45, 2.75) is 31.7 Å². The molecule has 1 fully saturated rings. The van der Waals surface area contributed by atoms with Crippen LogP contribution in [-0.2, 0) is 7.05 Å². The van der Waals surface area contributed by atoms with Crippen molar-refractivity contribution < 1.29 is 9.90 Å². The van der Waals surface area contributed by atoms with Gasteiger partial charge in [0.2, 0.25) is 0 Å². The lowest BCUT2D eigenvalue weighted by molar-refractivity contribution is 0.0565. The van der Waals surface area contributed by atoms with Crippen LogP contribution >= 0.6 is 0 Å². The molecule has 1 aliphatic heterocycles. The van der Waals surface area contributed by atoms with Gasteiger partial charge in [0.15, 0.2) is 0 Å². The highest BCUT2D eigenvalue weighted by Crippen LogP contribution is 2.21. The van der Waals surface area contributed by atoms with Gasteiger partial charge in [-0.25, -0.2) is 0 Å². The van der Waals surface area contributed by atoms with Crippen molar-refractivity contribution in [1.29, 1.82) is 0 Å². The van der Waals surface area contributed by atoms with Gasteiger partial charge in [-0.2, -0.15) is 0 Å². The molecule has 94 valence electrons. The minimum absolute atomic E-state index is 0.0932. The average Bonchev–Trinajstić information content (AvgIpc) is 2.76. The molecule has 1 aromatic heterocycles. The van der Waals surface area contributed by atoms with Crippen molar-refractivity contribution >= 4 is 5.91 Å². The van der Waals surface area contributed by atoms with Crippen LogP contribution in [0.15, 0.2) is 18.3 Å². The van der Waals surface area contributed by atoms with Crippen molar-refractivity contribution in [2.24, 2.45) is 7.05 Å². The molecule has 4 nitrogen and oxygen atoms in total. The zero-order valence-corrected chi connectivity index (χ0v) is 10.3. The van der Waals surface area contributed by atoms with Crippen LogP contribution in [0.4, 0.5) is 0 Å². The standard InChI is InChI=1S/C13H20N2O2/c1-14-8-4-6-12(14)13(17)15-9-3-2-5-11(15)7-10-16/h4,6,8,11,16H,2-3,5,7,9-10H2,1H3/t11-/m0/s1. The molecule has 0 aromatic carbocycles. The van der Waals surface area contributed by atoms with Crippen molar-refractivity contribution in [1.82, 2.24) is 9.47 Å². The third-order valence-electron chi connectivity index (χ3n) is 3.51. The Morgan fingerprint density at radius 2 is 2.35 bits per heavy atom. The second-order valence-corrected chi connectivity index (χ2v) is 4.66. The molecular formula is C13H20N2O2. The summed E-state index contributed by atoms with van der Waals surface area (Å²) in [5, 5.41) is 9.06. The van der Waals surface area contributed by atoms with Crippen molar-refractivity contribution in [2.75, 3.05) is 13.2 Å². The summed E-state index contributed by atoms with van der Waals surface area (Å²) in [6.07, 6.45) is 5.81. The molecule has 0 bridgehead atoms. The lowest BCUT2D eigenvalue weighted by atomic mass is 9.99. The van der Waals surface area contributed by atoms with Gasteiger partial charge in [-0.05, 0) is 37.8 Å². The zero-order valence-electron chi connectivity index (χ0n) is 10.3. The molecule has 2 heterocycles. The zero-order chi connectivity index (χ0) is 12.3. The van der Waals surface area contributed by atoms with E-state index in [9.17, 15) is 4.79 Å². The van der Waals surface area contributed by atoms with Crippen molar-refractivity contribution in [3.8, 4) is 0 Å². The van der Waals surface area contributed by atoms with E-state index in [1.54, 1.807) is 0 Å². The van der Waals surface area contributed by atoms with E-state index in [0.29, 0.717) is 6.42 Å². The molecule has 4 heteroatoms. The first kappa shape index (κ1) is 12.2. The predicted octanol–water partition coefficient (Wildman–Crippen LogP) is 1.40. The number of hydrogen-bond donors (Lipinski definition) is 1. The van der Waals surface area contributed by atoms with E-state index in [1.165, 1.54) is 0 Å². The van der Waals surface area contributed by atoms with Crippen LogP contribution in [0, 0.1) is 0 Å². The summed E-state index contributed by atoms with van der Waals surface area (Å²) >= 11 is 0. The molecule has 1 aliphatic rings. The largest absolute Gasteiger partial charge is 0.396 e. The Bertz CT molecular complexity index is 385. The summed E-state index contributed by atoms with van der Waals surface area (Å²) in [4.78, 5) is 14.3. The number of aromatic nitrogens is 1. The number of carbonyl (C=O) groups is 1. The van der Waals surface area contributed by atoms with Gasteiger partial charge in [-0.15, -0.1) is 0 Å². The van der Waals surface area contributed by atoms with Gasteiger partial charge in [0.05, 0.1) is 0 Å². The summed E-state index contributed by atoms with van der Waals surface area (Å²) < 4.78 is 1.85. The Morgan fingerprint density at radius 1 is 1.53 bits per heavy atom. The van der Waals surface area contributed by atoms with Crippen LogP contribution in [-0.4, -0.2) is 39.7 Å². The lowest BCUT2D eigenvalue weighted by Gasteiger charge is -2.35. The van der Waals surface area contributed by atoms with E-state index in [1.807, 2.05) is 34.8 Å². The number of piperidine rings is 1. The number of aliphatic hydroxyl groups excluding tert-OH is 1. The number of rotatable bonds is 3. The van der Waals surface area contributed by atoms with Gasteiger partial charge in [0.25, 0.3) is 5.91 Å². The molecule has 0 spiro atoms. The first-order chi connectivity index (χ1) is 8.24. The van der Waals surface area contributed by atoms with Crippen LogP contribution < -0.4 is 0 Å². The minimum Gasteiger partial charge on any atom is -0.396 e. The van der Waals surface area contributed by atoms with E-state index in [-0.39, 0.29) is 18.6 Å². The fourth-order valence-electron chi connectivity index (χ4n) is 2.55. The first-order valence-electron chi connectivity index (χ1n) is 6.27. The van der Waals surface area contributed by atoms with Gasteiger partial charge >= 0.3 is 0 Å². The van der Waals surface area contributed by atoms with Crippen LogP contribution in [0.2, 0.25) is 0 Å². The summed E-state index contributed by atoms with van der Waals surface area (Å²) in [5.74, 6) is 0.0932. The quantitative estimate of drug-likeness (QED) is 0.862. The molecule has 0 unspecified atom stereocenters. The minimum atomic E-state index is 0.0932. The monoisotopic (exact) mass is 236 g/mol. The van der Waals surface area contributed by atoms with Crippen molar-refractivity contribution in [3.05, 3.63) is 24.0 Å². The van der Waals surface area contributed by atoms with E-state index in [4.69, 9.17) is 5.11 Å². The number of likely N-dealkylation sites (tertiary alicyclic amines) is 1. The maximum Gasteiger partial charge on any atom is 0.270 e. The highest BCUT2D eigenvalue weighted by molar-refractivity contribution is 5.93. The Kier molecular flexibility index (Phi) is 3.84. The molecular weight excluding hydrogens is 216 g/mol. The number of aryl methyl sites for hydroxylation is 1. The number of hydrogen-bond acceptors (Lipinski definition) is 2. The summed E-state index contributed by atoms with van der Waals surface area (Å²) in [6.45, 7) is 0.969. The van der Waals surface area contributed by atoms with Crippen LogP contribution in [0.3, 0.4) is 0 Å². The Morgan fingerprint density at radius 3 is 3.00 bits per heavy atom. The second kappa shape index (κ2) is 5.36. The predicted molar refractivity (Wildman–Crippen MR) is 65.8 cm³/mol. The third kappa shape index (κ3) is 2.52. The second-order valence-electron chi connectivity index (χ2n) is 4.66. The van der Waals surface area contributed by atoms with Gasteiger partial charge in [-0.1, -0.05) is 0 Å². The molecule has 1 atom stereocenters. The maximum absolute atomic E-state index is 12.4. The van der Waals surface area contributed by atoms with E-state index in [0.717, 1.165) is 31.5 Å². The molecule has 0 saturated carbocycles. The molecule has 0 aliphatic carbocycles. The molecule has 1 saturated heterocycles. The Labute approximate surface area is 102 Å². The van der Waals surface area contributed by atoms with Crippen molar-refractivity contribution in [3.63, 3.8) is 0 Å². The Hall–Kier alpha value is -1.29. The van der Waals surface area contributed by atoms with Gasteiger partial charge in [0, 0.05) is 32.4 Å². The number of carbonyl (C=O) groups excluding carboxylic acids is 1. The SMILES string of the molecule is Cn1cccc1C(=O)N1CCCC[C@H]1CCO. The van der Waals surface area contributed by atoms with Crippen LogP contribution in [0.1, 0.15) is 36.2 Å². The number of nitrogens with zero attached hydrogens (tertiary/aromatic N) is 2. The number of aliphatic hydroxyl groups is 1. The summed E-state index contributed by atoms with van der Waals surface area (Å²) in [6, 6.07) is 3.95. The average molecular weight is 236 g/mol. The first-order valence-corrected chi connectivity index (χ1v) is 6.27. The summed E-state index contributed by atoms with van der Waals surface area (Å²) in [5.41, 5.74) is 0.731. The highest BCUT2D eigenvalue weighted by Gasteiger charge is 2.27. The topological polar surface area (TPSA) is 45.5 Å². The number of amides is 1. The molecule has 1 aromatic rings. The van der Waals surface area contributed by atoms with Gasteiger partial charge in [-0.3, -0.25) is 4.79 Å². The van der Waals surface area contributed by atoms with E-state index < -0.39 is 0 Å². The summed E-state index contributed by atoms with van der Waals surface area (Å²) in [7, 11) is 1.89. The Balaban J connectivity index is 2.14. The highest BCUT2D eigenvalue weighted by atomic mass is 16.3. The van der Waals surface area contributed by atoms with E-state index in [2.05, 4.69) is 0 Å². The lowest BCUT2D eigenvalue weighted by Crippen LogP contribution is -2.44. The van der Waals surface area contributed by atoms with Gasteiger partial charge in [0.1, 0.15) is 5.69 Å². The smallest absolute Gasteiger partial charge is 0.270 e. The molecule has 1 amide bonds. The van der Waals surface area contributed by atoms with Crippen LogP contribution in [0.25, 0.3) is 0 Å².